The number of fused-ring (bicyclic) bond motifs is 3. The third-order valence-corrected chi connectivity index (χ3v) is 7.91. The molecule has 4 aromatic rings. The molecule has 2 aliphatic carbocycles. The van der Waals surface area contributed by atoms with Crippen LogP contribution in [0.5, 0.6) is 0 Å². The fraction of sp³-hybridized carbons (Fsp3) is 0.357. The Hall–Kier alpha value is -3.16. The molecule has 6 rings (SSSR count). The van der Waals surface area contributed by atoms with Crippen LogP contribution in [-0.2, 0) is 19.4 Å². The number of aromatic nitrogens is 3. The smallest absolute Gasteiger partial charge is 0.423 e. The van der Waals surface area contributed by atoms with Gasteiger partial charge in [0.05, 0.1) is 11.2 Å². The Kier molecular flexibility index (Phi) is 5.82. The normalized spacial score (nSPS) is 19.3. The van der Waals surface area contributed by atoms with Crippen LogP contribution >= 0.6 is 0 Å². The Balaban J connectivity index is 1.47. The molecule has 2 aromatic heterocycles. The van der Waals surface area contributed by atoms with Gasteiger partial charge in [0.15, 0.2) is 0 Å². The van der Waals surface area contributed by atoms with Crippen LogP contribution in [0.3, 0.4) is 0 Å². The predicted octanol–water partition coefficient (Wildman–Crippen LogP) is 3.93. The molecule has 2 heterocycles. The highest BCUT2D eigenvalue weighted by Gasteiger charge is 2.34. The Morgan fingerprint density at radius 2 is 1.74 bits per heavy atom. The van der Waals surface area contributed by atoms with Crippen LogP contribution in [0.4, 0.5) is 5.82 Å². The molecule has 3 N–H and O–H groups in total. The number of rotatable bonds is 5. The van der Waals surface area contributed by atoms with Gasteiger partial charge in [0, 0.05) is 23.2 Å². The van der Waals surface area contributed by atoms with E-state index in [1.165, 1.54) is 36.8 Å². The minimum absolute atomic E-state index is 0.495. The van der Waals surface area contributed by atoms with Crippen LogP contribution in [0.1, 0.15) is 48.2 Å². The molecule has 178 valence electrons. The van der Waals surface area contributed by atoms with E-state index in [4.69, 9.17) is 9.97 Å². The highest BCUT2D eigenvalue weighted by Crippen LogP contribution is 2.41. The van der Waals surface area contributed by atoms with Gasteiger partial charge in [0.1, 0.15) is 5.82 Å². The van der Waals surface area contributed by atoms with Crippen molar-refractivity contribution >= 4 is 29.3 Å². The molecule has 7 heteroatoms. The standard InChI is InChI=1S/C28H31BN4O2/c1-18-14-22-24(29(34)35)12-7-13-26(22)33(18)28-31-25-16-21-11-6-5-10-20(21)15-23(25)27(32-28)30-17-19-8-3-2-4-9-19/h2-4,7-9,12-14,20-21,34-35H,5-6,10-11,15-17H2,1H3,(H,30,31,32). The van der Waals surface area contributed by atoms with Gasteiger partial charge in [-0.3, -0.25) is 4.57 Å². The second-order valence-electron chi connectivity index (χ2n) is 10.1. The topological polar surface area (TPSA) is 83.2 Å². The van der Waals surface area contributed by atoms with Crippen LogP contribution in [0.15, 0.2) is 54.6 Å². The predicted molar refractivity (Wildman–Crippen MR) is 140 cm³/mol. The maximum absolute atomic E-state index is 9.89. The lowest BCUT2D eigenvalue weighted by Gasteiger charge is -2.36. The van der Waals surface area contributed by atoms with Gasteiger partial charge in [-0.15, -0.1) is 0 Å². The third kappa shape index (κ3) is 4.13. The molecule has 2 atom stereocenters. The fourth-order valence-electron chi connectivity index (χ4n) is 6.14. The maximum atomic E-state index is 9.89. The van der Waals surface area contributed by atoms with Gasteiger partial charge in [-0.25, -0.2) is 4.98 Å². The van der Waals surface area contributed by atoms with E-state index in [0.717, 1.165) is 46.9 Å². The van der Waals surface area contributed by atoms with E-state index in [1.807, 2.05) is 35.8 Å². The zero-order valence-electron chi connectivity index (χ0n) is 20.1. The van der Waals surface area contributed by atoms with Crippen molar-refractivity contribution in [3.63, 3.8) is 0 Å². The van der Waals surface area contributed by atoms with Crippen LogP contribution in [0.25, 0.3) is 16.9 Å². The zero-order valence-corrected chi connectivity index (χ0v) is 20.1. The van der Waals surface area contributed by atoms with Crippen LogP contribution in [0.2, 0.25) is 0 Å². The number of nitrogens with one attached hydrogen (secondary N) is 1. The summed E-state index contributed by atoms with van der Waals surface area (Å²) in [4.78, 5) is 10.2. The number of anilines is 1. The van der Waals surface area contributed by atoms with Gasteiger partial charge in [0.2, 0.25) is 5.95 Å². The molecule has 0 spiro atoms. The van der Waals surface area contributed by atoms with Crippen molar-refractivity contribution in [3.05, 3.63) is 77.1 Å². The molecule has 0 bridgehead atoms. The number of benzene rings is 2. The van der Waals surface area contributed by atoms with E-state index >= 15 is 0 Å². The molecule has 1 saturated carbocycles. The van der Waals surface area contributed by atoms with Crippen LogP contribution < -0.4 is 10.8 Å². The van der Waals surface area contributed by atoms with Crippen molar-refractivity contribution in [1.29, 1.82) is 0 Å². The second kappa shape index (κ2) is 9.13. The van der Waals surface area contributed by atoms with E-state index < -0.39 is 7.12 Å². The van der Waals surface area contributed by atoms with E-state index in [2.05, 4.69) is 29.6 Å². The Morgan fingerprint density at radius 3 is 2.51 bits per heavy atom. The summed E-state index contributed by atoms with van der Waals surface area (Å²) >= 11 is 0. The Labute approximate surface area is 206 Å². The summed E-state index contributed by atoms with van der Waals surface area (Å²) in [5.41, 5.74) is 6.00. The highest BCUT2D eigenvalue weighted by atomic mass is 16.4. The van der Waals surface area contributed by atoms with Crippen molar-refractivity contribution in [2.45, 2.75) is 52.0 Å². The number of hydrogen-bond acceptors (Lipinski definition) is 5. The van der Waals surface area contributed by atoms with E-state index in [1.54, 1.807) is 6.07 Å². The first-order valence-corrected chi connectivity index (χ1v) is 12.7. The minimum Gasteiger partial charge on any atom is -0.423 e. The maximum Gasteiger partial charge on any atom is 0.489 e. The molecular weight excluding hydrogens is 435 g/mol. The third-order valence-electron chi connectivity index (χ3n) is 7.91. The highest BCUT2D eigenvalue weighted by molar-refractivity contribution is 6.61. The lowest BCUT2D eigenvalue weighted by Crippen LogP contribution is -2.30. The van der Waals surface area contributed by atoms with Gasteiger partial charge in [-0.2, -0.15) is 4.98 Å². The molecule has 1 fully saturated rings. The first-order valence-electron chi connectivity index (χ1n) is 12.7. The summed E-state index contributed by atoms with van der Waals surface area (Å²) in [6, 6.07) is 18.0. The molecular formula is C28H31BN4O2. The van der Waals surface area contributed by atoms with E-state index in [0.29, 0.717) is 23.9 Å². The first-order chi connectivity index (χ1) is 17.1. The van der Waals surface area contributed by atoms with Crippen molar-refractivity contribution in [2.75, 3.05) is 5.32 Å². The van der Waals surface area contributed by atoms with Crippen molar-refractivity contribution in [3.8, 4) is 5.95 Å². The Bertz CT molecular complexity index is 1370. The molecule has 0 amide bonds. The van der Waals surface area contributed by atoms with Crippen molar-refractivity contribution < 1.29 is 10.0 Å². The molecule has 0 saturated heterocycles. The summed E-state index contributed by atoms with van der Waals surface area (Å²) in [6.45, 7) is 2.73. The average Bonchev–Trinajstić information content (AvgIpc) is 3.22. The molecule has 0 aliphatic heterocycles. The lowest BCUT2D eigenvalue weighted by molar-refractivity contribution is 0.218. The van der Waals surface area contributed by atoms with Gasteiger partial charge in [0.25, 0.3) is 0 Å². The van der Waals surface area contributed by atoms with Gasteiger partial charge >= 0.3 is 7.12 Å². The molecule has 2 aliphatic rings. The number of hydrogen-bond donors (Lipinski definition) is 3. The monoisotopic (exact) mass is 466 g/mol. The molecule has 2 unspecified atom stereocenters. The number of aryl methyl sites for hydroxylation is 1. The summed E-state index contributed by atoms with van der Waals surface area (Å²) < 4.78 is 2.04. The minimum atomic E-state index is -1.52. The lowest BCUT2D eigenvalue weighted by atomic mass is 9.70. The van der Waals surface area contributed by atoms with Crippen molar-refractivity contribution in [1.82, 2.24) is 14.5 Å². The van der Waals surface area contributed by atoms with Crippen LogP contribution in [-0.4, -0.2) is 31.7 Å². The first kappa shape index (κ1) is 22.3. The molecule has 0 radical (unpaired) electrons. The molecule has 2 aromatic carbocycles. The van der Waals surface area contributed by atoms with Crippen molar-refractivity contribution in [2.24, 2.45) is 11.8 Å². The number of nitrogens with zero attached hydrogens (tertiary/aromatic N) is 3. The average molecular weight is 466 g/mol. The van der Waals surface area contributed by atoms with E-state index in [-0.39, 0.29) is 0 Å². The molecule has 6 nitrogen and oxygen atoms in total. The SMILES string of the molecule is Cc1cc2c(B(O)O)cccc2n1-c1nc2c(c(NCc3ccccc3)n1)CC1CCCCC1C2. The quantitative estimate of drug-likeness (QED) is 0.389. The summed E-state index contributed by atoms with van der Waals surface area (Å²) in [6.07, 6.45) is 7.30. The van der Waals surface area contributed by atoms with Gasteiger partial charge < -0.3 is 15.4 Å². The molecule has 35 heavy (non-hydrogen) atoms. The summed E-state index contributed by atoms with van der Waals surface area (Å²) in [7, 11) is -1.52. The summed E-state index contributed by atoms with van der Waals surface area (Å²) in [5, 5.41) is 24.2. The fourth-order valence-corrected chi connectivity index (χ4v) is 6.14. The van der Waals surface area contributed by atoms with E-state index in [9.17, 15) is 10.0 Å². The van der Waals surface area contributed by atoms with Gasteiger partial charge in [-0.1, -0.05) is 55.3 Å². The van der Waals surface area contributed by atoms with Gasteiger partial charge in [-0.05, 0) is 67.6 Å². The van der Waals surface area contributed by atoms with Crippen LogP contribution in [0, 0.1) is 18.8 Å². The summed E-state index contributed by atoms with van der Waals surface area (Å²) in [5.74, 6) is 3.01. The second-order valence-corrected chi connectivity index (χ2v) is 10.1. The Morgan fingerprint density at radius 1 is 0.971 bits per heavy atom. The largest absolute Gasteiger partial charge is 0.489 e. The zero-order chi connectivity index (χ0) is 23.9.